The zero-order valence-electron chi connectivity index (χ0n) is 10.8. The average Bonchev–Trinajstić information content (AvgIpc) is 2.83. The fourth-order valence-electron chi connectivity index (χ4n) is 1.91. The highest BCUT2D eigenvalue weighted by Gasteiger charge is 2.34. The zero-order valence-corrected chi connectivity index (χ0v) is 10.8. The number of nitrogens with zero attached hydrogens (tertiary/aromatic N) is 1. The van der Waals surface area contributed by atoms with Crippen LogP contribution in [0, 0.1) is 0 Å². The quantitative estimate of drug-likeness (QED) is 0.544. The smallest absolute Gasteiger partial charge is 0.191 e. The van der Waals surface area contributed by atoms with Crippen molar-refractivity contribution < 1.29 is 9.52 Å². The number of nitrogens with one attached hydrogen (secondary N) is 2. The van der Waals surface area contributed by atoms with E-state index in [4.69, 9.17) is 4.42 Å². The molecule has 0 unspecified atom stereocenters. The molecular formula is C13H21N3O2. The second-order valence-electron chi connectivity index (χ2n) is 4.71. The van der Waals surface area contributed by atoms with Gasteiger partial charge in [-0.1, -0.05) is 0 Å². The van der Waals surface area contributed by atoms with Gasteiger partial charge in [-0.05, 0) is 38.3 Å². The summed E-state index contributed by atoms with van der Waals surface area (Å²) in [6.45, 7) is 3.86. The van der Waals surface area contributed by atoms with E-state index < -0.39 is 5.60 Å². The van der Waals surface area contributed by atoms with E-state index >= 15 is 0 Å². The molecule has 0 aliphatic heterocycles. The Bertz CT molecular complexity index is 383. The van der Waals surface area contributed by atoms with Crippen LogP contribution in [0.15, 0.2) is 27.8 Å². The molecule has 0 amide bonds. The number of furan rings is 1. The fraction of sp³-hybridized carbons (Fsp3) is 0.615. The first kappa shape index (κ1) is 13.0. The van der Waals surface area contributed by atoms with E-state index in [2.05, 4.69) is 15.6 Å². The lowest BCUT2D eigenvalue weighted by atomic mass is 9.80. The van der Waals surface area contributed by atoms with E-state index in [0.29, 0.717) is 19.0 Å². The third-order valence-corrected chi connectivity index (χ3v) is 3.19. The molecule has 0 radical (unpaired) electrons. The molecule has 1 heterocycles. The molecule has 5 heteroatoms. The normalized spacial score (nSPS) is 18.2. The summed E-state index contributed by atoms with van der Waals surface area (Å²) >= 11 is 0. The molecule has 1 aromatic rings. The van der Waals surface area contributed by atoms with Crippen molar-refractivity contribution in [3.8, 4) is 0 Å². The second-order valence-corrected chi connectivity index (χ2v) is 4.71. The summed E-state index contributed by atoms with van der Waals surface area (Å²) in [5, 5.41) is 16.3. The fourth-order valence-corrected chi connectivity index (χ4v) is 1.91. The minimum Gasteiger partial charge on any atom is -0.467 e. The molecular weight excluding hydrogens is 230 g/mol. The predicted octanol–water partition coefficient (Wildman–Crippen LogP) is 1.25. The molecule has 3 N–H and O–H groups in total. The summed E-state index contributed by atoms with van der Waals surface area (Å²) in [5.74, 6) is 1.55. The van der Waals surface area contributed by atoms with Gasteiger partial charge in [0.25, 0.3) is 0 Å². The molecule has 1 aliphatic rings. The zero-order chi connectivity index (χ0) is 12.8. The van der Waals surface area contributed by atoms with Crippen LogP contribution >= 0.6 is 0 Å². The topological polar surface area (TPSA) is 69.8 Å². The maximum Gasteiger partial charge on any atom is 0.191 e. The van der Waals surface area contributed by atoms with Gasteiger partial charge in [0.05, 0.1) is 11.9 Å². The van der Waals surface area contributed by atoms with Gasteiger partial charge in [-0.15, -0.1) is 0 Å². The Morgan fingerprint density at radius 2 is 2.33 bits per heavy atom. The molecule has 0 aromatic carbocycles. The van der Waals surface area contributed by atoms with Gasteiger partial charge in [-0.2, -0.15) is 0 Å². The highest BCUT2D eigenvalue weighted by atomic mass is 16.3. The van der Waals surface area contributed by atoms with E-state index in [1.807, 2.05) is 19.1 Å². The van der Waals surface area contributed by atoms with Gasteiger partial charge in [0.15, 0.2) is 5.96 Å². The molecule has 0 saturated heterocycles. The number of aliphatic hydroxyl groups is 1. The van der Waals surface area contributed by atoms with Crippen molar-refractivity contribution >= 4 is 5.96 Å². The first-order valence-electron chi connectivity index (χ1n) is 6.49. The summed E-state index contributed by atoms with van der Waals surface area (Å²) in [5.41, 5.74) is -0.541. The maximum atomic E-state index is 10.0. The number of aliphatic imine (C=N–C) groups is 1. The molecule has 1 fully saturated rings. The summed E-state index contributed by atoms with van der Waals surface area (Å²) in [6, 6.07) is 3.74. The van der Waals surface area contributed by atoms with Crippen LogP contribution in [-0.2, 0) is 6.54 Å². The molecule has 2 rings (SSSR count). The lowest BCUT2D eigenvalue weighted by Crippen LogP contribution is -2.50. The van der Waals surface area contributed by atoms with Crippen molar-refractivity contribution in [2.45, 2.75) is 38.3 Å². The standard InChI is InChI=1S/C13H21N3O2/c1-2-14-12(15-9-11-5-3-8-18-11)16-10-13(17)6-4-7-13/h3,5,8,17H,2,4,6-7,9-10H2,1H3,(H2,14,15,16). The van der Waals surface area contributed by atoms with Crippen molar-refractivity contribution in [1.29, 1.82) is 0 Å². The van der Waals surface area contributed by atoms with Gasteiger partial charge in [0.1, 0.15) is 12.3 Å². The minimum absolute atomic E-state index is 0.501. The lowest BCUT2D eigenvalue weighted by molar-refractivity contribution is -0.0279. The largest absolute Gasteiger partial charge is 0.467 e. The number of hydrogen-bond donors (Lipinski definition) is 3. The lowest BCUT2D eigenvalue weighted by Gasteiger charge is -2.36. The second kappa shape index (κ2) is 5.91. The van der Waals surface area contributed by atoms with Gasteiger partial charge in [-0.3, -0.25) is 0 Å². The van der Waals surface area contributed by atoms with Crippen LogP contribution in [0.5, 0.6) is 0 Å². The number of rotatable bonds is 5. The molecule has 18 heavy (non-hydrogen) atoms. The van der Waals surface area contributed by atoms with E-state index in [0.717, 1.165) is 31.6 Å². The van der Waals surface area contributed by atoms with Gasteiger partial charge in [-0.25, -0.2) is 4.99 Å². The Labute approximate surface area is 107 Å². The van der Waals surface area contributed by atoms with Crippen LogP contribution in [0.2, 0.25) is 0 Å². The van der Waals surface area contributed by atoms with E-state index in [-0.39, 0.29) is 0 Å². The summed E-state index contributed by atoms with van der Waals surface area (Å²) in [4.78, 5) is 4.41. The third kappa shape index (κ3) is 3.50. The van der Waals surface area contributed by atoms with Crippen molar-refractivity contribution in [3.63, 3.8) is 0 Å². The summed E-state index contributed by atoms with van der Waals surface area (Å²) in [7, 11) is 0. The van der Waals surface area contributed by atoms with Crippen molar-refractivity contribution in [2.24, 2.45) is 4.99 Å². The van der Waals surface area contributed by atoms with E-state index in [9.17, 15) is 5.11 Å². The molecule has 1 saturated carbocycles. The Morgan fingerprint density at radius 1 is 1.50 bits per heavy atom. The number of hydrogen-bond acceptors (Lipinski definition) is 3. The van der Waals surface area contributed by atoms with Gasteiger partial charge in [0, 0.05) is 13.1 Å². The maximum absolute atomic E-state index is 10.0. The SMILES string of the molecule is CCNC(=NCc1ccco1)NCC1(O)CCC1. The molecule has 0 bridgehead atoms. The predicted molar refractivity (Wildman–Crippen MR) is 70.3 cm³/mol. The van der Waals surface area contributed by atoms with E-state index in [1.165, 1.54) is 0 Å². The minimum atomic E-state index is -0.541. The van der Waals surface area contributed by atoms with Crippen molar-refractivity contribution in [1.82, 2.24) is 10.6 Å². The van der Waals surface area contributed by atoms with Crippen LogP contribution < -0.4 is 10.6 Å². The van der Waals surface area contributed by atoms with Crippen LogP contribution in [0.3, 0.4) is 0 Å². The Morgan fingerprint density at radius 3 is 2.89 bits per heavy atom. The van der Waals surface area contributed by atoms with Gasteiger partial charge in [0.2, 0.25) is 0 Å². The van der Waals surface area contributed by atoms with Crippen LogP contribution in [0.1, 0.15) is 31.9 Å². The molecule has 1 aliphatic carbocycles. The van der Waals surface area contributed by atoms with Gasteiger partial charge < -0.3 is 20.2 Å². The molecule has 0 atom stereocenters. The van der Waals surface area contributed by atoms with Crippen molar-refractivity contribution in [2.75, 3.05) is 13.1 Å². The van der Waals surface area contributed by atoms with E-state index in [1.54, 1.807) is 6.26 Å². The average molecular weight is 251 g/mol. The van der Waals surface area contributed by atoms with Crippen LogP contribution in [-0.4, -0.2) is 29.8 Å². The number of guanidine groups is 1. The third-order valence-electron chi connectivity index (χ3n) is 3.19. The van der Waals surface area contributed by atoms with Gasteiger partial charge >= 0.3 is 0 Å². The Balaban J connectivity index is 1.84. The summed E-state index contributed by atoms with van der Waals surface area (Å²) in [6.07, 6.45) is 4.50. The van der Waals surface area contributed by atoms with Crippen LogP contribution in [0.25, 0.3) is 0 Å². The Hall–Kier alpha value is -1.49. The molecule has 1 aromatic heterocycles. The first-order chi connectivity index (χ1) is 8.72. The molecule has 5 nitrogen and oxygen atoms in total. The monoisotopic (exact) mass is 251 g/mol. The highest BCUT2D eigenvalue weighted by Crippen LogP contribution is 2.30. The highest BCUT2D eigenvalue weighted by molar-refractivity contribution is 5.79. The van der Waals surface area contributed by atoms with Crippen LogP contribution in [0.4, 0.5) is 0 Å². The Kier molecular flexibility index (Phi) is 4.25. The summed E-state index contributed by atoms with van der Waals surface area (Å²) < 4.78 is 5.23. The van der Waals surface area contributed by atoms with Crippen molar-refractivity contribution in [3.05, 3.63) is 24.2 Å². The molecule has 0 spiro atoms. The first-order valence-corrected chi connectivity index (χ1v) is 6.49. The molecule has 100 valence electrons.